The second-order valence-corrected chi connectivity index (χ2v) is 5.70. The van der Waals surface area contributed by atoms with Gasteiger partial charge >= 0.3 is 0 Å². The predicted octanol–water partition coefficient (Wildman–Crippen LogP) is 4.16. The first kappa shape index (κ1) is 17.3. The normalized spacial score (nSPS) is 10.7. The van der Waals surface area contributed by atoms with E-state index in [4.69, 9.17) is 25.6 Å². The van der Waals surface area contributed by atoms with Crippen LogP contribution in [0.4, 0.5) is 5.69 Å². The van der Waals surface area contributed by atoms with Gasteiger partial charge in [-0.2, -0.15) is 4.98 Å². The van der Waals surface area contributed by atoms with Crippen molar-refractivity contribution in [3.8, 4) is 17.1 Å². The van der Waals surface area contributed by atoms with E-state index in [1.165, 1.54) is 0 Å². The lowest BCUT2D eigenvalue weighted by atomic mass is 10.2. The Kier molecular flexibility index (Phi) is 5.53. The van der Waals surface area contributed by atoms with Gasteiger partial charge < -0.3 is 19.3 Å². The molecule has 25 heavy (non-hydrogen) atoms. The number of nitrogens with one attached hydrogen (secondary N) is 1. The molecule has 1 aromatic heterocycles. The van der Waals surface area contributed by atoms with E-state index < -0.39 is 0 Å². The van der Waals surface area contributed by atoms with Crippen molar-refractivity contribution in [2.75, 3.05) is 19.5 Å². The van der Waals surface area contributed by atoms with Crippen molar-refractivity contribution in [1.82, 2.24) is 10.1 Å². The molecule has 3 rings (SSSR count). The molecule has 7 heteroatoms. The number of aromatic nitrogens is 2. The molecular weight excluding hydrogens is 342 g/mol. The smallest absolute Gasteiger partial charge is 0.246 e. The highest BCUT2D eigenvalue weighted by Crippen LogP contribution is 2.26. The van der Waals surface area contributed by atoms with Crippen molar-refractivity contribution in [2.24, 2.45) is 0 Å². The van der Waals surface area contributed by atoms with Gasteiger partial charge in [0.15, 0.2) is 0 Å². The van der Waals surface area contributed by atoms with Gasteiger partial charge in [-0.25, -0.2) is 0 Å². The monoisotopic (exact) mass is 359 g/mol. The SMILES string of the molecule is COCc1c(Cl)cccc1NCc1nc(-c2cccc(OC)c2)no1. The minimum atomic E-state index is 0.383. The Bertz CT molecular complexity index is 851. The molecule has 0 bridgehead atoms. The number of benzene rings is 2. The van der Waals surface area contributed by atoms with Crippen LogP contribution in [0.15, 0.2) is 47.0 Å². The van der Waals surface area contributed by atoms with Crippen LogP contribution in [0.25, 0.3) is 11.4 Å². The Balaban J connectivity index is 1.73. The second kappa shape index (κ2) is 8.00. The van der Waals surface area contributed by atoms with Crippen molar-refractivity contribution in [3.63, 3.8) is 0 Å². The summed E-state index contributed by atoms with van der Waals surface area (Å²) in [4.78, 5) is 4.41. The fourth-order valence-corrected chi connectivity index (χ4v) is 2.62. The number of rotatable bonds is 7. The zero-order chi connectivity index (χ0) is 17.6. The Hall–Kier alpha value is -2.57. The summed E-state index contributed by atoms with van der Waals surface area (Å²) in [5.41, 5.74) is 2.59. The highest BCUT2D eigenvalue weighted by atomic mass is 35.5. The van der Waals surface area contributed by atoms with Crippen LogP contribution < -0.4 is 10.1 Å². The number of ether oxygens (including phenoxy) is 2. The zero-order valence-corrected chi connectivity index (χ0v) is 14.7. The molecular formula is C18H18ClN3O3. The van der Waals surface area contributed by atoms with Crippen molar-refractivity contribution < 1.29 is 14.0 Å². The maximum absolute atomic E-state index is 6.22. The van der Waals surface area contributed by atoms with Gasteiger partial charge in [-0.3, -0.25) is 0 Å². The average molecular weight is 360 g/mol. The molecule has 0 aliphatic rings. The van der Waals surface area contributed by atoms with Crippen molar-refractivity contribution in [1.29, 1.82) is 0 Å². The van der Waals surface area contributed by atoms with Gasteiger partial charge in [-0.05, 0) is 24.3 Å². The molecule has 0 atom stereocenters. The molecule has 0 spiro atoms. The molecule has 0 aliphatic carbocycles. The quantitative estimate of drug-likeness (QED) is 0.683. The van der Waals surface area contributed by atoms with Crippen molar-refractivity contribution in [3.05, 3.63) is 58.9 Å². The molecule has 3 aromatic rings. The summed E-state index contributed by atoms with van der Waals surface area (Å²) in [5.74, 6) is 1.73. The summed E-state index contributed by atoms with van der Waals surface area (Å²) in [6.07, 6.45) is 0. The lowest BCUT2D eigenvalue weighted by Crippen LogP contribution is -2.04. The van der Waals surface area contributed by atoms with Gasteiger partial charge in [0.1, 0.15) is 5.75 Å². The molecule has 0 unspecified atom stereocenters. The van der Waals surface area contributed by atoms with Crippen LogP contribution in [0.5, 0.6) is 5.75 Å². The molecule has 1 heterocycles. The van der Waals surface area contributed by atoms with Gasteiger partial charge in [0.2, 0.25) is 11.7 Å². The Labute approximate surface area is 150 Å². The van der Waals surface area contributed by atoms with E-state index >= 15 is 0 Å². The fraction of sp³-hybridized carbons (Fsp3) is 0.222. The topological polar surface area (TPSA) is 69.4 Å². The third-order valence-corrected chi connectivity index (χ3v) is 3.99. The molecule has 0 saturated heterocycles. The molecule has 0 amide bonds. The first-order valence-corrected chi connectivity index (χ1v) is 8.06. The maximum atomic E-state index is 6.22. The molecule has 2 aromatic carbocycles. The van der Waals surface area contributed by atoms with E-state index in [2.05, 4.69) is 15.5 Å². The van der Waals surface area contributed by atoms with Crippen LogP contribution >= 0.6 is 11.6 Å². The van der Waals surface area contributed by atoms with E-state index in [1.54, 1.807) is 14.2 Å². The van der Waals surface area contributed by atoms with Crippen molar-refractivity contribution in [2.45, 2.75) is 13.2 Å². The summed E-state index contributed by atoms with van der Waals surface area (Å²) < 4.78 is 15.7. The molecule has 1 N–H and O–H groups in total. The molecule has 6 nitrogen and oxygen atoms in total. The molecule has 130 valence electrons. The van der Waals surface area contributed by atoms with Crippen LogP contribution in [0.2, 0.25) is 5.02 Å². The first-order chi connectivity index (χ1) is 12.2. The summed E-state index contributed by atoms with van der Waals surface area (Å²) >= 11 is 6.22. The zero-order valence-electron chi connectivity index (χ0n) is 14.0. The summed E-state index contributed by atoms with van der Waals surface area (Å²) in [6.45, 7) is 0.801. The number of halogens is 1. The van der Waals surface area contributed by atoms with Gasteiger partial charge in [-0.1, -0.05) is 35.0 Å². The maximum Gasteiger partial charge on any atom is 0.246 e. The number of nitrogens with zero attached hydrogens (tertiary/aromatic N) is 2. The van der Waals surface area contributed by atoms with E-state index in [0.717, 1.165) is 22.6 Å². The minimum Gasteiger partial charge on any atom is -0.497 e. The molecule has 0 fully saturated rings. The van der Waals surface area contributed by atoms with Crippen LogP contribution in [0.1, 0.15) is 11.5 Å². The Morgan fingerprint density at radius 2 is 2.00 bits per heavy atom. The summed E-state index contributed by atoms with van der Waals surface area (Å²) in [7, 11) is 3.25. The van der Waals surface area contributed by atoms with E-state index in [0.29, 0.717) is 29.9 Å². The van der Waals surface area contributed by atoms with Gasteiger partial charge in [0.25, 0.3) is 0 Å². The fourth-order valence-electron chi connectivity index (χ4n) is 2.39. The van der Waals surface area contributed by atoms with E-state index in [-0.39, 0.29) is 0 Å². The minimum absolute atomic E-state index is 0.383. The van der Waals surface area contributed by atoms with Gasteiger partial charge in [0, 0.05) is 28.9 Å². The highest BCUT2D eigenvalue weighted by molar-refractivity contribution is 6.31. The summed E-state index contributed by atoms with van der Waals surface area (Å²) in [6, 6.07) is 13.1. The lowest BCUT2D eigenvalue weighted by molar-refractivity contribution is 0.185. The van der Waals surface area contributed by atoms with Gasteiger partial charge in [0.05, 0.1) is 20.3 Å². The molecule has 0 saturated carbocycles. The predicted molar refractivity (Wildman–Crippen MR) is 95.8 cm³/mol. The number of methoxy groups -OCH3 is 2. The van der Waals surface area contributed by atoms with Crippen LogP contribution in [0, 0.1) is 0 Å². The average Bonchev–Trinajstić information content (AvgIpc) is 3.11. The third kappa shape index (κ3) is 4.10. The van der Waals surface area contributed by atoms with Crippen LogP contribution in [0.3, 0.4) is 0 Å². The lowest BCUT2D eigenvalue weighted by Gasteiger charge is -2.11. The largest absolute Gasteiger partial charge is 0.497 e. The molecule has 0 aliphatic heterocycles. The standard InChI is InChI=1S/C18H18ClN3O3/c1-23-11-14-15(19)7-4-8-16(14)20-10-17-21-18(22-25-17)12-5-3-6-13(9-12)24-2/h3-9,20H,10-11H2,1-2H3. The number of hydrogen-bond donors (Lipinski definition) is 1. The number of anilines is 1. The highest BCUT2D eigenvalue weighted by Gasteiger charge is 2.11. The second-order valence-electron chi connectivity index (χ2n) is 5.30. The molecule has 0 radical (unpaired) electrons. The van der Waals surface area contributed by atoms with Gasteiger partial charge in [-0.15, -0.1) is 0 Å². The Morgan fingerprint density at radius 3 is 2.80 bits per heavy atom. The van der Waals surface area contributed by atoms with Crippen molar-refractivity contribution >= 4 is 17.3 Å². The van der Waals surface area contributed by atoms with E-state index in [1.807, 2.05) is 42.5 Å². The first-order valence-electron chi connectivity index (χ1n) is 7.68. The van der Waals surface area contributed by atoms with Crippen LogP contribution in [-0.2, 0) is 17.9 Å². The summed E-state index contributed by atoms with van der Waals surface area (Å²) in [5, 5.41) is 7.92. The third-order valence-electron chi connectivity index (χ3n) is 3.63. The Morgan fingerprint density at radius 1 is 1.16 bits per heavy atom. The van der Waals surface area contributed by atoms with Crippen LogP contribution in [-0.4, -0.2) is 24.4 Å². The van der Waals surface area contributed by atoms with E-state index in [9.17, 15) is 0 Å². The number of hydrogen-bond acceptors (Lipinski definition) is 6.